The SMILES string of the molecule is CC(C)CN1CCCCC1CCC(=O)O. The topological polar surface area (TPSA) is 40.5 Å². The van der Waals surface area contributed by atoms with Gasteiger partial charge in [-0.2, -0.15) is 0 Å². The number of hydrogen-bond donors (Lipinski definition) is 1. The molecule has 15 heavy (non-hydrogen) atoms. The number of nitrogens with zero attached hydrogens (tertiary/aromatic N) is 1. The second-order valence-electron chi connectivity index (χ2n) is 4.97. The van der Waals surface area contributed by atoms with Crippen LogP contribution in [0.3, 0.4) is 0 Å². The monoisotopic (exact) mass is 213 g/mol. The lowest BCUT2D eigenvalue weighted by molar-refractivity contribution is -0.137. The van der Waals surface area contributed by atoms with Crippen molar-refractivity contribution in [2.45, 2.75) is 52.0 Å². The van der Waals surface area contributed by atoms with Gasteiger partial charge in [0.2, 0.25) is 0 Å². The molecule has 0 amide bonds. The summed E-state index contributed by atoms with van der Waals surface area (Å²) in [5.74, 6) is 0.0144. The second kappa shape index (κ2) is 6.11. The van der Waals surface area contributed by atoms with Crippen LogP contribution in [-0.4, -0.2) is 35.1 Å². The normalized spacial score (nSPS) is 23.3. The van der Waals surface area contributed by atoms with Gasteiger partial charge in [-0.3, -0.25) is 4.79 Å². The van der Waals surface area contributed by atoms with Crippen molar-refractivity contribution in [2.24, 2.45) is 5.92 Å². The minimum atomic E-state index is -0.662. The summed E-state index contributed by atoms with van der Waals surface area (Å²) in [6.45, 7) is 6.72. The first kappa shape index (κ1) is 12.5. The molecular weight excluding hydrogens is 190 g/mol. The fourth-order valence-electron chi connectivity index (χ4n) is 2.39. The number of carboxylic acid groups (broad SMARTS) is 1. The third-order valence-corrected chi connectivity index (χ3v) is 3.04. The summed E-state index contributed by atoms with van der Waals surface area (Å²) < 4.78 is 0. The lowest BCUT2D eigenvalue weighted by Gasteiger charge is -2.36. The van der Waals surface area contributed by atoms with Crippen LogP contribution in [-0.2, 0) is 4.79 Å². The van der Waals surface area contributed by atoms with Crippen LogP contribution in [0.1, 0.15) is 46.0 Å². The summed E-state index contributed by atoms with van der Waals surface area (Å²) in [5, 5.41) is 8.69. The molecule has 1 atom stereocenters. The summed E-state index contributed by atoms with van der Waals surface area (Å²) in [5.41, 5.74) is 0. The van der Waals surface area contributed by atoms with E-state index in [4.69, 9.17) is 5.11 Å². The van der Waals surface area contributed by atoms with Crippen LogP contribution in [0.4, 0.5) is 0 Å². The lowest BCUT2D eigenvalue weighted by Crippen LogP contribution is -2.41. The molecule has 0 aromatic rings. The van der Waals surface area contributed by atoms with Crippen LogP contribution in [0.2, 0.25) is 0 Å². The first-order chi connectivity index (χ1) is 7.09. The highest BCUT2D eigenvalue weighted by Crippen LogP contribution is 2.21. The summed E-state index contributed by atoms with van der Waals surface area (Å²) in [6, 6.07) is 0.511. The Morgan fingerprint density at radius 3 is 2.80 bits per heavy atom. The van der Waals surface area contributed by atoms with Gasteiger partial charge >= 0.3 is 5.97 Å². The smallest absolute Gasteiger partial charge is 0.303 e. The fraction of sp³-hybridized carbons (Fsp3) is 0.917. The molecule has 88 valence electrons. The van der Waals surface area contributed by atoms with E-state index < -0.39 is 5.97 Å². The highest BCUT2D eigenvalue weighted by Gasteiger charge is 2.23. The minimum absolute atomic E-state index is 0.319. The molecular formula is C12H23NO2. The Hall–Kier alpha value is -0.570. The Morgan fingerprint density at radius 1 is 1.47 bits per heavy atom. The summed E-state index contributed by atoms with van der Waals surface area (Å²) >= 11 is 0. The molecule has 0 bridgehead atoms. The largest absolute Gasteiger partial charge is 0.481 e. The molecule has 0 aromatic heterocycles. The zero-order valence-corrected chi connectivity index (χ0v) is 9.91. The molecule has 1 heterocycles. The molecule has 0 aliphatic carbocycles. The predicted octanol–water partition coefficient (Wildman–Crippen LogP) is 2.36. The van der Waals surface area contributed by atoms with Gasteiger partial charge in [-0.25, -0.2) is 0 Å². The number of piperidine rings is 1. The summed E-state index contributed by atoms with van der Waals surface area (Å²) in [4.78, 5) is 13.0. The molecule has 1 rings (SSSR count). The molecule has 0 radical (unpaired) electrons. The molecule has 1 aliphatic rings. The highest BCUT2D eigenvalue weighted by atomic mass is 16.4. The van der Waals surface area contributed by atoms with Crippen molar-refractivity contribution in [1.29, 1.82) is 0 Å². The quantitative estimate of drug-likeness (QED) is 0.762. The molecule has 1 saturated heterocycles. The average molecular weight is 213 g/mol. The molecule has 3 heteroatoms. The molecule has 1 unspecified atom stereocenters. The van der Waals surface area contributed by atoms with Gasteiger partial charge in [-0.05, 0) is 31.7 Å². The average Bonchev–Trinajstić information content (AvgIpc) is 2.15. The van der Waals surface area contributed by atoms with E-state index in [0.29, 0.717) is 18.4 Å². The van der Waals surface area contributed by atoms with E-state index in [1.807, 2.05) is 0 Å². The minimum Gasteiger partial charge on any atom is -0.481 e. The number of aliphatic carboxylic acids is 1. The van der Waals surface area contributed by atoms with Gasteiger partial charge in [-0.1, -0.05) is 20.3 Å². The fourth-order valence-corrected chi connectivity index (χ4v) is 2.39. The van der Waals surface area contributed by atoms with Crippen LogP contribution >= 0.6 is 0 Å². The maximum Gasteiger partial charge on any atom is 0.303 e. The van der Waals surface area contributed by atoms with Crippen LogP contribution in [0.5, 0.6) is 0 Å². The Labute approximate surface area is 92.5 Å². The van der Waals surface area contributed by atoms with Crippen molar-refractivity contribution >= 4 is 5.97 Å². The molecule has 1 fully saturated rings. The van der Waals surface area contributed by atoms with E-state index >= 15 is 0 Å². The van der Waals surface area contributed by atoms with Crippen molar-refractivity contribution in [3.05, 3.63) is 0 Å². The van der Waals surface area contributed by atoms with Crippen molar-refractivity contribution in [3.63, 3.8) is 0 Å². The van der Waals surface area contributed by atoms with E-state index in [0.717, 1.165) is 19.5 Å². The van der Waals surface area contributed by atoms with Crippen molar-refractivity contribution in [2.75, 3.05) is 13.1 Å². The van der Waals surface area contributed by atoms with E-state index in [9.17, 15) is 4.79 Å². The summed E-state index contributed by atoms with van der Waals surface area (Å²) in [6.07, 6.45) is 4.86. The van der Waals surface area contributed by atoms with Gasteiger partial charge in [0.15, 0.2) is 0 Å². The third kappa shape index (κ3) is 4.65. The number of carboxylic acids is 1. The number of rotatable bonds is 5. The molecule has 1 N–H and O–H groups in total. The second-order valence-corrected chi connectivity index (χ2v) is 4.97. The van der Waals surface area contributed by atoms with Gasteiger partial charge in [-0.15, -0.1) is 0 Å². The molecule has 0 spiro atoms. The number of hydrogen-bond acceptors (Lipinski definition) is 2. The van der Waals surface area contributed by atoms with Gasteiger partial charge in [0.25, 0.3) is 0 Å². The molecule has 1 aliphatic heterocycles. The number of carbonyl (C=O) groups is 1. The van der Waals surface area contributed by atoms with Gasteiger partial charge < -0.3 is 10.0 Å². The molecule has 0 saturated carbocycles. The third-order valence-electron chi connectivity index (χ3n) is 3.04. The first-order valence-electron chi connectivity index (χ1n) is 6.05. The van der Waals surface area contributed by atoms with Crippen molar-refractivity contribution in [3.8, 4) is 0 Å². The van der Waals surface area contributed by atoms with Gasteiger partial charge in [0.1, 0.15) is 0 Å². The van der Waals surface area contributed by atoms with Gasteiger partial charge in [0, 0.05) is 19.0 Å². The van der Waals surface area contributed by atoms with Crippen LogP contribution in [0.25, 0.3) is 0 Å². The zero-order chi connectivity index (χ0) is 11.3. The van der Waals surface area contributed by atoms with Crippen molar-refractivity contribution in [1.82, 2.24) is 4.90 Å². The van der Waals surface area contributed by atoms with E-state index in [2.05, 4.69) is 18.7 Å². The standard InChI is InChI=1S/C12H23NO2/c1-10(2)9-13-8-4-3-5-11(13)6-7-12(14)15/h10-11H,3-9H2,1-2H3,(H,14,15). The molecule has 0 aromatic carbocycles. The van der Waals surface area contributed by atoms with Gasteiger partial charge in [0.05, 0.1) is 0 Å². The Morgan fingerprint density at radius 2 is 2.20 bits per heavy atom. The Balaban J connectivity index is 2.38. The lowest BCUT2D eigenvalue weighted by atomic mass is 9.97. The Bertz CT molecular complexity index is 204. The van der Waals surface area contributed by atoms with E-state index in [1.54, 1.807) is 0 Å². The van der Waals surface area contributed by atoms with Crippen LogP contribution in [0.15, 0.2) is 0 Å². The zero-order valence-electron chi connectivity index (χ0n) is 9.91. The maximum absolute atomic E-state index is 10.6. The maximum atomic E-state index is 10.6. The highest BCUT2D eigenvalue weighted by molar-refractivity contribution is 5.66. The molecule has 3 nitrogen and oxygen atoms in total. The first-order valence-corrected chi connectivity index (χ1v) is 6.05. The van der Waals surface area contributed by atoms with E-state index in [1.165, 1.54) is 19.3 Å². The Kier molecular flexibility index (Phi) is 5.09. The van der Waals surface area contributed by atoms with Crippen LogP contribution in [0, 0.1) is 5.92 Å². The van der Waals surface area contributed by atoms with E-state index in [-0.39, 0.29) is 0 Å². The predicted molar refractivity (Wildman–Crippen MR) is 60.9 cm³/mol. The summed E-state index contributed by atoms with van der Waals surface area (Å²) in [7, 11) is 0. The van der Waals surface area contributed by atoms with Crippen LogP contribution < -0.4 is 0 Å². The van der Waals surface area contributed by atoms with Crippen molar-refractivity contribution < 1.29 is 9.90 Å². The number of likely N-dealkylation sites (tertiary alicyclic amines) is 1.